The number of nitrogens with zero attached hydrogens (tertiary/aromatic N) is 1. The molecule has 0 aliphatic carbocycles. The predicted molar refractivity (Wildman–Crippen MR) is 91.4 cm³/mol. The molecule has 0 amide bonds. The fraction of sp³-hybridized carbons (Fsp3) is 0.294. The van der Waals surface area contributed by atoms with Crippen molar-refractivity contribution in [1.29, 1.82) is 0 Å². The maximum absolute atomic E-state index is 12.2. The summed E-state index contributed by atoms with van der Waals surface area (Å²) in [4.78, 5) is 24.0. The first-order valence-electron chi connectivity index (χ1n) is 7.13. The third-order valence-corrected chi connectivity index (χ3v) is 3.28. The van der Waals surface area contributed by atoms with Crippen LogP contribution < -0.4 is 11.3 Å². The lowest BCUT2D eigenvalue weighted by Crippen LogP contribution is -2.30. The van der Waals surface area contributed by atoms with E-state index < -0.39 is 11.6 Å². The fourth-order valence-electron chi connectivity index (χ4n) is 2.10. The number of hydrogen-bond donors (Lipinski definition) is 1. The number of benzene rings is 1. The van der Waals surface area contributed by atoms with Gasteiger partial charge in [-0.25, -0.2) is 0 Å². The molecule has 6 heteroatoms. The maximum atomic E-state index is 12.2. The second kappa shape index (κ2) is 6.46. The first-order valence-corrected chi connectivity index (χ1v) is 7.51. The number of rotatable bonds is 3. The average Bonchev–Trinajstić information content (AvgIpc) is 2.42. The van der Waals surface area contributed by atoms with Crippen molar-refractivity contribution in [2.75, 3.05) is 5.73 Å². The Morgan fingerprint density at radius 1 is 1.26 bits per heavy atom. The number of esters is 1. The van der Waals surface area contributed by atoms with E-state index in [2.05, 4.69) is 0 Å². The Bertz CT molecular complexity index is 791. The zero-order valence-corrected chi connectivity index (χ0v) is 14.1. The van der Waals surface area contributed by atoms with Crippen molar-refractivity contribution in [3.8, 4) is 11.1 Å². The van der Waals surface area contributed by atoms with Gasteiger partial charge < -0.3 is 15.0 Å². The monoisotopic (exact) mass is 334 g/mol. The summed E-state index contributed by atoms with van der Waals surface area (Å²) < 4.78 is 6.50. The van der Waals surface area contributed by atoms with Gasteiger partial charge in [-0.2, -0.15) is 0 Å². The Labute approximate surface area is 139 Å². The summed E-state index contributed by atoms with van der Waals surface area (Å²) in [7, 11) is 0. The number of pyridine rings is 1. The molecular formula is C17H19ClN2O3. The van der Waals surface area contributed by atoms with Crippen molar-refractivity contribution in [2.45, 2.75) is 32.9 Å². The largest absolute Gasteiger partial charge is 0.459 e. The molecule has 2 aromatic rings. The molecule has 1 aromatic carbocycles. The highest BCUT2D eigenvalue weighted by molar-refractivity contribution is 6.31. The number of anilines is 1. The molecule has 0 saturated heterocycles. The lowest BCUT2D eigenvalue weighted by molar-refractivity contribution is -0.155. The molecule has 0 fully saturated rings. The van der Waals surface area contributed by atoms with Gasteiger partial charge in [-0.3, -0.25) is 9.59 Å². The molecule has 0 aliphatic heterocycles. The Morgan fingerprint density at radius 2 is 1.96 bits per heavy atom. The summed E-state index contributed by atoms with van der Waals surface area (Å²) in [5, 5.41) is 0.534. The molecule has 0 spiro atoms. The normalized spacial score (nSPS) is 11.3. The number of halogens is 1. The van der Waals surface area contributed by atoms with Gasteiger partial charge in [0.25, 0.3) is 5.56 Å². The topological polar surface area (TPSA) is 74.3 Å². The van der Waals surface area contributed by atoms with Crippen LogP contribution in [0.2, 0.25) is 5.02 Å². The summed E-state index contributed by atoms with van der Waals surface area (Å²) >= 11 is 5.97. The van der Waals surface area contributed by atoms with Crippen LogP contribution in [0, 0.1) is 0 Å². The molecule has 0 bridgehead atoms. The molecule has 122 valence electrons. The van der Waals surface area contributed by atoms with Gasteiger partial charge in [0.15, 0.2) is 0 Å². The van der Waals surface area contributed by atoms with E-state index in [-0.39, 0.29) is 12.1 Å². The van der Waals surface area contributed by atoms with Crippen LogP contribution in [0.1, 0.15) is 20.8 Å². The van der Waals surface area contributed by atoms with Crippen molar-refractivity contribution in [2.24, 2.45) is 0 Å². The fourth-order valence-corrected chi connectivity index (χ4v) is 2.27. The van der Waals surface area contributed by atoms with Crippen molar-refractivity contribution >= 4 is 23.3 Å². The van der Waals surface area contributed by atoms with Crippen LogP contribution in [-0.2, 0) is 16.1 Å². The van der Waals surface area contributed by atoms with Gasteiger partial charge in [-0.1, -0.05) is 11.6 Å². The highest BCUT2D eigenvalue weighted by Crippen LogP contribution is 2.27. The molecule has 1 aromatic heterocycles. The van der Waals surface area contributed by atoms with Gasteiger partial charge >= 0.3 is 5.97 Å². The Hall–Kier alpha value is -2.27. The van der Waals surface area contributed by atoms with Crippen LogP contribution in [0.5, 0.6) is 0 Å². The van der Waals surface area contributed by atoms with Gasteiger partial charge in [0.1, 0.15) is 12.1 Å². The van der Waals surface area contributed by atoms with Crippen LogP contribution in [0.4, 0.5) is 5.69 Å². The summed E-state index contributed by atoms with van der Waals surface area (Å²) in [6.45, 7) is 5.19. The number of ether oxygens (including phenoxy) is 1. The van der Waals surface area contributed by atoms with Gasteiger partial charge in [0.2, 0.25) is 0 Å². The Kier molecular flexibility index (Phi) is 4.80. The molecule has 0 saturated carbocycles. The van der Waals surface area contributed by atoms with Gasteiger partial charge in [0, 0.05) is 28.5 Å². The Balaban J connectivity index is 2.26. The number of carbonyl (C=O) groups is 1. The minimum Gasteiger partial charge on any atom is -0.459 e. The van der Waals surface area contributed by atoms with Gasteiger partial charge in [-0.15, -0.1) is 0 Å². The number of nitrogens with two attached hydrogens (primary N) is 1. The van der Waals surface area contributed by atoms with Crippen LogP contribution in [0.25, 0.3) is 11.1 Å². The van der Waals surface area contributed by atoms with E-state index in [1.165, 1.54) is 10.6 Å². The van der Waals surface area contributed by atoms with E-state index in [1.807, 2.05) is 0 Å². The minimum absolute atomic E-state index is 0.137. The van der Waals surface area contributed by atoms with Crippen molar-refractivity contribution in [3.63, 3.8) is 0 Å². The first-order chi connectivity index (χ1) is 10.7. The average molecular weight is 335 g/mol. The standard InChI is InChI=1S/C17H19ClN2O3/c1-17(2,3)23-16(22)10-20-7-6-11(8-15(20)21)13-9-12(18)4-5-14(13)19/h4-9H,10,19H2,1-3H3. The number of aromatic nitrogens is 1. The lowest BCUT2D eigenvalue weighted by Gasteiger charge is -2.19. The highest BCUT2D eigenvalue weighted by atomic mass is 35.5. The van der Waals surface area contributed by atoms with E-state index in [0.717, 1.165) is 0 Å². The van der Waals surface area contributed by atoms with Crippen molar-refractivity contribution in [1.82, 2.24) is 4.57 Å². The van der Waals surface area contributed by atoms with Crippen molar-refractivity contribution < 1.29 is 9.53 Å². The molecular weight excluding hydrogens is 316 g/mol. The smallest absolute Gasteiger partial charge is 0.326 e. The molecule has 23 heavy (non-hydrogen) atoms. The second-order valence-electron chi connectivity index (χ2n) is 6.20. The number of nitrogen functional groups attached to an aromatic ring is 1. The van der Waals surface area contributed by atoms with Crippen LogP contribution >= 0.6 is 11.6 Å². The van der Waals surface area contributed by atoms with Crippen LogP contribution in [0.3, 0.4) is 0 Å². The number of carbonyl (C=O) groups excluding carboxylic acids is 1. The molecule has 0 unspecified atom stereocenters. The van der Waals surface area contributed by atoms with Crippen molar-refractivity contribution in [3.05, 3.63) is 51.9 Å². The first kappa shape index (κ1) is 17.1. The van der Waals surface area contributed by atoms with E-state index in [4.69, 9.17) is 22.1 Å². The quantitative estimate of drug-likeness (QED) is 0.691. The van der Waals surface area contributed by atoms with Crippen LogP contribution in [0.15, 0.2) is 41.3 Å². The third-order valence-electron chi connectivity index (χ3n) is 3.04. The molecule has 0 atom stereocenters. The van der Waals surface area contributed by atoms with E-state index >= 15 is 0 Å². The molecule has 0 aliphatic rings. The molecule has 0 radical (unpaired) electrons. The number of hydrogen-bond acceptors (Lipinski definition) is 4. The third kappa shape index (κ3) is 4.60. The predicted octanol–water partition coefficient (Wildman–Crippen LogP) is 3.09. The maximum Gasteiger partial charge on any atom is 0.326 e. The Morgan fingerprint density at radius 3 is 2.57 bits per heavy atom. The summed E-state index contributed by atoms with van der Waals surface area (Å²) in [6.07, 6.45) is 1.54. The minimum atomic E-state index is -0.587. The summed E-state index contributed by atoms with van der Waals surface area (Å²) in [6, 6.07) is 8.21. The highest BCUT2D eigenvalue weighted by Gasteiger charge is 2.17. The van der Waals surface area contributed by atoms with E-state index in [1.54, 1.807) is 51.2 Å². The van der Waals surface area contributed by atoms with Gasteiger partial charge in [0.05, 0.1) is 0 Å². The molecule has 5 nitrogen and oxygen atoms in total. The van der Waals surface area contributed by atoms with E-state index in [9.17, 15) is 9.59 Å². The lowest BCUT2D eigenvalue weighted by atomic mass is 10.1. The molecule has 2 rings (SSSR count). The SMILES string of the molecule is CC(C)(C)OC(=O)Cn1ccc(-c2cc(Cl)ccc2N)cc1=O. The van der Waals surface area contributed by atoms with Gasteiger partial charge in [-0.05, 0) is 50.6 Å². The van der Waals surface area contributed by atoms with Crippen LogP contribution in [-0.4, -0.2) is 16.1 Å². The second-order valence-corrected chi connectivity index (χ2v) is 6.64. The summed E-state index contributed by atoms with van der Waals surface area (Å²) in [5.74, 6) is -0.463. The molecule has 2 N–H and O–H groups in total. The molecule has 1 heterocycles. The summed E-state index contributed by atoms with van der Waals surface area (Å²) in [5.41, 5.74) is 6.87. The van der Waals surface area contributed by atoms with E-state index in [0.29, 0.717) is 21.8 Å². The zero-order valence-electron chi connectivity index (χ0n) is 13.3. The zero-order chi connectivity index (χ0) is 17.2.